The van der Waals surface area contributed by atoms with Crippen LogP contribution in [0.3, 0.4) is 0 Å². The molecule has 0 saturated carbocycles. The molecule has 132 valence electrons. The molecule has 0 spiro atoms. The van der Waals surface area contributed by atoms with Crippen LogP contribution in [-0.4, -0.2) is 41.6 Å². The van der Waals surface area contributed by atoms with Gasteiger partial charge in [0.15, 0.2) is 0 Å². The number of carbonyl (C=O) groups excluding carboxylic acids is 2. The summed E-state index contributed by atoms with van der Waals surface area (Å²) in [5, 5.41) is 3.12. The number of hydrogen-bond acceptors (Lipinski definition) is 4. The third kappa shape index (κ3) is 7.41. The maximum Gasteiger partial charge on any atom is 0.234 e. The summed E-state index contributed by atoms with van der Waals surface area (Å²) in [6, 6.07) is 0. The number of unbranched alkanes of at least 4 members (excludes halogenated alkanes) is 3. The van der Waals surface area contributed by atoms with Crippen LogP contribution in [0.25, 0.3) is 0 Å². The van der Waals surface area contributed by atoms with Gasteiger partial charge in [-0.1, -0.05) is 19.8 Å². The van der Waals surface area contributed by atoms with Crippen molar-refractivity contribution in [1.82, 2.24) is 10.2 Å². The van der Waals surface area contributed by atoms with E-state index in [-0.39, 0.29) is 22.5 Å². The van der Waals surface area contributed by atoms with Gasteiger partial charge in [-0.3, -0.25) is 14.5 Å². The van der Waals surface area contributed by atoms with Crippen LogP contribution < -0.4 is 5.32 Å². The highest BCUT2D eigenvalue weighted by Gasteiger charge is 2.46. The van der Waals surface area contributed by atoms with Crippen LogP contribution >= 0.6 is 12.6 Å². The number of likely N-dealkylation sites (tertiary alicyclic amines) is 1. The van der Waals surface area contributed by atoms with Crippen molar-refractivity contribution in [1.29, 1.82) is 0 Å². The number of nitrogens with zero attached hydrogens (tertiary/aromatic N) is 1. The van der Waals surface area contributed by atoms with Crippen LogP contribution in [0.15, 0.2) is 0 Å². The number of imide groups is 1. The van der Waals surface area contributed by atoms with Gasteiger partial charge >= 0.3 is 0 Å². The predicted molar refractivity (Wildman–Crippen MR) is 99.4 cm³/mol. The monoisotopic (exact) mass is 340 g/mol. The summed E-state index contributed by atoms with van der Waals surface area (Å²) in [6.07, 6.45) is 9.97. The van der Waals surface area contributed by atoms with E-state index >= 15 is 0 Å². The molecule has 2 atom stereocenters. The third-order valence-electron chi connectivity index (χ3n) is 4.27. The summed E-state index contributed by atoms with van der Waals surface area (Å²) in [6.45, 7) is 7.21. The van der Waals surface area contributed by atoms with E-state index in [0.29, 0.717) is 13.0 Å². The van der Waals surface area contributed by atoms with Crippen molar-refractivity contribution < 1.29 is 9.59 Å². The zero-order valence-corrected chi connectivity index (χ0v) is 15.9. The quantitative estimate of drug-likeness (QED) is 0.294. The number of nitrogens with one attached hydrogen (secondary N) is 1. The second-order valence-electron chi connectivity index (χ2n) is 6.16. The number of rotatable bonds is 9. The average molecular weight is 341 g/mol. The molecule has 5 heteroatoms. The van der Waals surface area contributed by atoms with Crippen molar-refractivity contribution in [3.8, 4) is 12.3 Å². The lowest BCUT2D eigenvalue weighted by Gasteiger charge is -2.27. The fourth-order valence-electron chi connectivity index (χ4n) is 2.58. The first-order valence-electron chi connectivity index (χ1n) is 8.44. The Bertz CT molecular complexity index is 416. The Labute approximate surface area is 147 Å². The molecular formula is C18H32N2O2S. The fraction of sp³-hybridized carbons (Fsp3) is 0.778. The number of hydrogen-bond donors (Lipinski definition) is 2. The van der Waals surface area contributed by atoms with Gasteiger partial charge in [0.05, 0.1) is 5.92 Å². The molecule has 1 aliphatic heterocycles. The molecule has 1 saturated heterocycles. The molecule has 4 nitrogen and oxygen atoms in total. The van der Waals surface area contributed by atoms with Gasteiger partial charge in [0, 0.05) is 17.7 Å². The lowest BCUT2D eigenvalue weighted by Crippen LogP contribution is -2.37. The van der Waals surface area contributed by atoms with Gasteiger partial charge < -0.3 is 5.32 Å². The number of thiol groups is 1. The van der Waals surface area contributed by atoms with E-state index in [9.17, 15) is 9.59 Å². The Balaban J connectivity index is 0.00000149. The second kappa shape index (κ2) is 11.5. The molecule has 0 aromatic heterocycles. The highest BCUT2D eigenvalue weighted by atomic mass is 32.1. The Kier molecular flexibility index (Phi) is 11.0. The first-order chi connectivity index (χ1) is 10.9. The molecule has 1 aliphatic rings. The van der Waals surface area contributed by atoms with E-state index < -0.39 is 0 Å². The SMILES string of the molecule is C#CC.CCC(C)(S)C1CC(=O)N(CCCCCCNC)C1=O. The van der Waals surface area contributed by atoms with Crippen molar-refractivity contribution in [3.63, 3.8) is 0 Å². The van der Waals surface area contributed by atoms with Gasteiger partial charge in [-0.25, -0.2) is 0 Å². The Morgan fingerprint density at radius 2 is 1.91 bits per heavy atom. The molecule has 1 heterocycles. The van der Waals surface area contributed by atoms with Crippen LogP contribution in [0, 0.1) is 18.3 Å². The molecule has 0 aromatic rings. The molecule has 0 bridgehead atoms. The fourth-order valence-corrected chi connectivity index (χ4v) is 2.78. The van der Waals surface area contributed by atoms with E-state index in [1.54, 1.807) is 6.92 Å². The minimum Gasteiger partial charge on any atom is -0.320 e. The minimum absolute atomic E-state index is 0.0235. The van der Waals surface area contributed by atoms with Crippen molar-refractivity contribution in [2.75, 3.05) is 20.1 Å². The van der Waals surface area contributed by atoms with E-state index in [0.717, 1.165) is 38.6 Å². The van der Waals surface area contributed by atoms with Crippen LogP contribution in [0.5, 0.6) is 0 Å². The molecule has 0 aromatic carbocycles. The molecule has 2 amide bonds. The first-order valence-corrected chi connectivity index (χ1v) is 8.88. The summed E-state index contributed by atoms with van der Waals surface area (Å²) >= 11 is 4.56. The molecular weight excluding hydrogens is 308 g/mol. The number of amides is 2. The van der Waals surface area contributed by atoms with Crippen LogP contribution in [0.1, 0.15) is 59.3 Å². The van der Waals surface area contributed by atoms with Crippen LogP contribution in [0.4, 0.5) is 0 Å². The molecule has 1 fully saturated rings. The Hall–Kier alpha value is -0.990. The molecule has 1 N–H and O–H groups in total. The number of terminal acetylenes is 1. The van der Waals surface area contributed by atoms with Gasteiger partial charge in [0.1, 0.15) is 0 Å². The van der Waals surface area contributed by atoms with E-state index in [4.69, 9.17) is 0 Å². The zero-order chi connectivity index (χ0) is 17.9. The summed E-state index contributed by atoms with van der Waals surface area (Å²) < 4.78 is -0.381. The zero-order valence-electron chi connectivity index (χ0n) is 15.0. The molecule has 2 unspecified atom stereocenters. The van der Waals surface area contributed by atoms with Gasteiger partial charge in [-0.2, -0.15) is 12.6 Å². The van der Waals surface area contributed by atoms with Crippen molar-refractivity contribution in [2.24, 2.45) is 5.92 Å². The smallest absolute Gasteiger partial charge is 0.234 e. The van der Waals surface area contributed by atoms with Crippen LogP contribution in [-0.2, 0) is 9.59 Å². The maximum absolute atomic E-state index is 12.3. The normalized spacial score (nSPS) is 19.8. The van der Waals surface area contributed by atoms with E-state index in [2.05, 4.69) is 30.3 Å². The summed E-state index contributed by atoms with van der Waals surface area (Å²) in [4.78, 5) is 25.8. The first kappa shape index (κ1) is 22.0. The van der Waals surface area contributed by atoms with Crippen LogP contribution in [0.2, 0.25) is 0 Å². The van der Waals surface area contributed by atoms with Crippen molar-refractivity contribution >= 4 is 24.4 Å². The topological polar surface area (TPSA) is 49.4 Å². The molecule has 23 heavy (non-hydrogen) atoms. The van der Waals surface area contributed by atoms with Gasteiger partial charge in [0.25, 0.3) is 0 Å². The standard InChI is InChI=1S/C15H28N2O2S.C3H4/c1-4-15(2,20)12-11-13(18)17(14(12)19)10-8-6-5-7-9-16-3;1-3-2/h12,16,20H,4-11H2,1-3H3;1H,2H3. The third-order valence-corrected chi connectivity index (χ3v) is 4.90. The van der Waals surface area contributed by atoms with Gasteiger partial charge in [-0.15, -0.1) is 12.3 Å². The van der Waals surface area contributed by atoms with E-state index in [1.165, 1.54) is 4.90 Å². The van der Waals surface area contributed by atoms with Crippen molar-refractivity contribution in [3.05, 3.63) is 0 Å². The highest BCUT2D eigenvalue weighted by molar-refractivity contribution is 7.81. The van der Waals surface area contributed by atoms with E-state index in [1.807, 2.05) is 20.9 Å². The predicted octanol–water partition coefficient (Wildman–Crippen LogP) is 2.88. The van der Waals surface area contributed by atoms with Crippen molar-refractivity contribution in [2.45, 2.75) is 64.0 Å². The Morgan fingerprint density at radius 3 is 2.43 bits per heavy atom. The molecule has 0 radical (unpaired) electrons. The number of carbonyl (C=O) groups is 2. The summed E-state index contributed by atoms with van der Waals surface area (Å²) in [5.74, 6) is 1.95. The van der Waals surface area contributed by atoms with Gasteiger partial charge in [-0.05, 0) is 46.7 Å². The summed E-state index contributed by atoms with van der Waals surface area (Å²) in [7, 11) is 1.95. The lowest BCUT2D eigenvalue weighted by atomic mass is 9.89. The summed E-state index contributed by atoms with van der Waals surface area (Å²) in [5.41, 5.74) is 0. The Morgan fingerprint density at radius 1 is 1.35 bits per heavy atom. The molecule has 0 aliphatic carbocycles. The molecule has 1 rings (SSSR count). The second-order valence-corrected chi connectivity index (χ2v) is 7.18. The highest BCUT2D eigenvalue weighted by Crippen LogP contribution is 2.36. The lowest BCUT2D eigenvalue weighted by molar-refractivity contribution is -0.139. The minimum atomic E-state index is -0.381. The van der Waals surface area contributed by atoms with Gasteiger partial charge in [0.2, 0.25) is 11.8 Å². The maximum atomic E-state index is 12.3. The largest absolute Gasteiger partial charge is 0.320 e. The average Bonchev–Trinajstić information content (AvgIpc) is 2.80.